The van der Waals surface area contributed by atoms with E-state index in [2.05, 4.69) is 48.3 Å². The number of carbonyl (C=O) groups is 1. The zero-order valence-corrected chi connectivity index (χ0v) is 15.0. The van der Waals surface area contributed by atoms with Crippen LogP contribution in [0.2, 0.25) is 0 Å². The van der Waals surface area contributed by atoms with Crippen molar-refractivity contribution in [1.82, 2.24) is 20.1 Å². The summed E-state index contributed by atoms with van der Waals surface area (Å²) in [5.74, 6) is -0.180. The van der Waals surface area contributed by atoms with E-state index < -0.39 is 0 Å². The van der Waals surface area contributed by atoms with Crippen LogP contribution in [0.15, 0.2) is 42.7 Å². The van der Waals surface area contributed by atoms with Gasteiger partial charge in [0.05, 0.1) is 5.69 Å². The maximum atomic E-state index is 12.4. The molecule has 0 aliphatic rings. The number of hydrogen-bond donors (Lipinski definition) is 1. The third kappa shape index (κ3) is 3.60. The van der Waals surface area contributed by atoms with Gasteiger partial charge < -0.3 is 5.32 Å². The zero-order chi connectivity index (χ0) is 18.0. The van der Waals surface area contributed by atoms with Gasteiger partial charge in [0.2, 0.25) is 0 Å². The zero-order valence-electron chi connectivity index (χ0n) is 15.0. The molecule has 25 heavy (non-hydrogen) atoms. The summed E-state index contributed by atoms with van der Waals surface area (Å²) in [6.07, 6.45) is 3.42. The molecule has 0 atom stereocenters. The fraction of sp³-hybridized carbons (Fsp3) is 0.250. The summed E-state index contributed by atoms with van der Waals surface area (Å²) in [4.78, 5) is 16.4. The van der Waals surface area contributed by atoms with Crippen molar-refractivity contribution in [3.8, 4) is 11.3 Å². The van der Waals surface area contributed by atoms with Crippen LogP contribution in [0.3, 0.4) is 0 Å². The molecule has 5 nitrogen and oxygen atoms in total. The molecule has 5 heteroatoms. The Kier molecular flexibility index (Phi) is 4.65. The number of rotatable bonds is 4. The van der Waals surface area contributed by atoms with Crippen molar-refractivity contribution >= 4 is 5.91 Å². The second-order valence-corrected chi connectivity index (χ2v) is 6.35. The molecular weight excluding hydrogens is 312 g/mol. The summed E-state index contributed by atoms with van der Waals surface area (Å²) < 4.78 is 1.77. The average Bonchev–Trinajstić information content (AvgIpc) is 2.94. The van der Waals surface area contributed by atoms with E-state index in [0.29, 0.717) is 12.2 Å². The number of benzene rings is 1. The SMILES string of the molecule is Cc1cc(C)c(-c2cc(C(=O)NCc3ccncc3)nn2C)c(C)c1. The minimum atomic E-state index is -0.180. The monoisotopic (exact) mass is 334 g/mol. The molecule has 1 N–H and O–H groups in total. The van der Waals surface area contributed by atoms with E-state index in [1.54, 1.807) is 17.1 Å². The summed E-state index contributed by atoms with van der Waals surface area (Å²) >= 11 is 0. The van der Waals surface area contributed by atoms with Crippen LogP contribution < -0.4 is 5.32 Å². The number of hydrogen-bond acceptors (Lipinski definition) is 3. The first-order valence-electron chi connectivity index (χ1n) is 8.25. The van der Waals surface area contributed by atoms with Gasteiger partial charge in [0.15, 0.2) is 5.69 Å². The Labute approximate surface area is 147 Å². The van der Waals surface area contributed by atoms with Gasteiger partial charge in [0, 0.05) is 31.5 Å². The van der Waals surface area contributed by atoms with Gasteiger partial charge in [0.1, 0.15) is 0 Å². The molecule has 0 radical (unpaired) electrons. The third-order valence-corrected chi connectivity index (χ3v) is 4.25. The Morgan fingerprint density at radius 2 is 1.72 bits per heavy atom. The Bertz CT molecular complexity index is 890. The molecule has 2 aromatic heterocycles. The highest BCUT2D eigenvalue weighted by Gasteiger charge is 2.16. The minimum Gasteiger partial charge on any atom is -0.347 e. The Hall–Kier alpha value is -2.95. The van der Waals surface area contributed by atoms with Gasteiger partial charge in [-0.05, 0) is 55.7 Å². The second kappa shape index (κ2) is 6.89. The first kappa shape index (κ1) is 16.9. The van der Waals surface area contributed by atoms with Crippen molar-refractivity contribution in [3.63, 3.8) is 0 Å². The molecule has 1 aromatic carbocycles. The number of nitrogens with one attached hydrogen (secondary N) is 1. The molecule has 3 aromatic rings. The van der Waals surface area contributed by atoms with Crippen molar-refractivity contribution in [2.75, 3.05) is 0 Å². The summed E-state index contributed by atoms with van der Waals surface area (Å²) in [6.45, 7) is 6.72. The quantitative estimate of drug-likeness (QED) is 0.796. The number of carbonyl (C=O) groups excluding carboxylic acids is 1. The summed E-state index contributed by atoms with van der Waals surface area (Å²) in [6, 6.07) is 9.91. The molecule has 1 amide bonds. The average molecular weight is 334 g/mol. The van der Waals surface area contributed by atoms with Crippen LogP contribution in [0, 0.1) is 20.8 Å². The Morgan fingerprint density at radius 3 is 2.36 bits per heavy atom. The van der Waals surface area contributed by atoms with E-state index in [4.69, 9.17) is 0 Å². The standard InChI is InChI=1S/C20H22N4O/c1-13-9-14(2)19(15(3)10-13)18-11-17(23-24(18)4)20(25)22-12-16-5-7-21-8-6-16/h5-11H,12H2,1-4H3,(H,22,25). The highest BCUT2D eigenvalue weighted by molar-refractivity contribution is 5.93. The molecule has 0 saturated heterocycles. The highest BCUT2D eigenvalue weighted by Crippen LogP contribution is 2.28. The van der Waals surface area contributed by atoms with Crippen LogP contribution in [0.1, 0.15) is 32.7 Å². The van der Waals surface area contributed by atoms with E-state index in [1.165, 1.54) is 16.7 Å². The number of amides is 1. The fourth-order valence-electron chi connectivity index (χ4n) is 3.17. The Morgan fingerprint density at radius 1 is 1.08 bits per heavy atom. The molecule has 3 rings (SSSR count). The van der Waals surface area contributed by atoms with Crippen LogP contribution in [0.4, 0.5) is 0 Å². The van der Waals surface area contributed by atoms with Gasteiger partial charge in [-0.15, -0.1) is 0 Å². The van der Waals surface area contributed by atoms with Crippen molar-refractivity contribution < 1.29 is 4.79 Å². The number of aryl methyl sites for hydroxylation is 4. The van der Waals surface area contributed by atoms with E-state index >= 15 is 0 Å². The minimum absolute atomic E-state index is 0.180. The highest BCUT2D eigenvalue weighted by atomic mass is 16.1. The molecular formula is C20H22N4O. The number of pyridine rings is 1. The molecule has 2 heterocycles. The van der Waals surface area contributed by atoms with Crippen molar-refractivity contribution in [2.45, 2.75) is 27.3 Å². The first-order valence-corrected chi connectivity index (χ1v) is 8.25. The molecule has 0 spiro atoms. The normalized spacial score (nSPS) is 10.7. The van der Waals surface area contributed by atoms with Gasteiger partial charge in [-0.2, -0.15) is 5.10 Å². The largest absolute Gasteiger partial charge is 0.347 e. The second-order valence-electron chi connectivity index (χ2n) is 6.35. The summed E-state index contributed by atoms with van der Waals surface area (Å²) in [5.41, 5.74) is 7.11. The lowest BCUT2D eigenvalue weighted by Crippen LogP contribution is -2.23. The maximum Gasteiger partial charge on any atom is 0.272 e. The van der Waals surface area contributed by atoms with Crippen LogP contribution in [0.25, 0.3) is 11.3 Å². The van der Waals surface area contributed by atoms with E-state index in [-0.39, 0.29) is 5.91 Å². The predicted octanol–water partition coefficient (Wildman–Crippen LogP) is 3.34. The maximum absolute atomic E-state index is 12.4. The molecule has 0 aliphatic heterocycles. The molecule has 0 fully saturated rings. The van der Waals surface area contributed by atoms with Gasteiger partial charge in [-0.3, -0.25) is 14.5 Å². The van der Waals surface area contributed by atoms with E-state index in [9.17, 15) is 4.79 Å². The van der Waals surface area contributed by atoms with Gasteiger partial charge >= 0.3 is 0 Å². The topological polar surface area (TPSA) is 59.8 Å². The molecule has 0 unspecified atom stereocenters. The van der Waals surface area contributed by atoms with Crippen LogP contribution in [-0.4, -0.2) is 20.7 Å². The van der Waals surface area contributed by atoms with Crippen molar-refractivity contribution in [3.05, 3.63) is 70.7 Å². The van der Waals surface area contributed by atoms with E-state index in [1.807, 2.05) is 25.2 Å². The third-order valence-electron chi connectivity index (χ3n) is 4.25. The van der Waals surface area contributed by atoms with Crippen LogP contribution in [-0.2, 0) is 13.6 Å². The molecule has 128 valence electrons. The predicted molar refractivity (Wildman–Crippen MR) is 98.3 cm³/mol. The van der Waals surface area contributed by atoms with Gasteiger partial charge in [-0.25, -0.2) is 0 Å². The first-order chi connectivity index (χ1) is 12.0. The summed E-state index contributed by atoms with van der Waals surface area (Å²) in [5, 5.41) is 7.30. The molecule has 0 bridgehead atoms. The van der Waals surface area contributed by atoms with Crippen LogP contribution >= 0.6 is 0 Å². The van der Waals surface area contributed by atoms with Crippen molar-refractivity contribution in [1.29, 1.82) is 0 Å². The number of nitrogens with zero attached hydrogens (tertiary/aromatic N) is 3. The lowest BCUT2D eigenvalue weighted by atomic mass is 9.97. The lowest BCUT2D eigenvalue weighted by molar-refractivity contribution is 0.0945. The molecule has 0 aliphatic carbocycles. The van der Waals surface area contributed by atoms with Gasteiger partial charge in [0.25, 0.3) is 5.91 Å². The van der Waals surface area contributed by atoms with Crippen molar-refractivity contribution in [2.24, 2.45) is 7.05 Å². The van der Waals surface area contributed by atoms with E-state index in [0.717, 1.165) is 16.8 Å². The number of aromatic nitrogens is 3. The van der Waals surface area contributed by atoms with Gasteiger partial charge in [-0.1, -0.05) is 17.7 Å². The smallest absolute Gasteiger partial charge is 0.272 e. The summed E-state index contributed by atoms with van der Waals surface area (Å²) in [7, 11) is 1.87. The lowest BCUT2D eigenvalue weighted by Gasteiger charge is -2.11. The Balaban J connectivity index is 1.84. The molecule has 0 saturated carbocycles. The van der Waals surface area contributed by atoms with Crippen LogP contribution in [0.5, 0.6) is 0 Å². The fourth-order valence-corrected chi connectivity index (χ4v) is 3.17.